The molecule has 0 aliphatic carbocycles. The molecule has 1 aromatic rings. The number of aromatic nitrogens is 1. The molecule has 1 aromatic heterocycles. The van der Waals surface area contributed by atoms with Crippen LogP contribution < -0.4 is 10.5 Å². The Balaban J connectivity index is 2.87. The van der Waals surface area contributed by atoms with Crippen molar-refractivity contribution in [1.29, 1.82) is 0 Å². The van der Waals surface area contributed by atoms with Gasteiger partial charge in [-0.15, -0.1) is 11.6 Å². The van der Waals surface area contributed by atoms with Crippen molar-refractivity contribution in [2.75, 3.05) is 18.7 Å². The zero-order chi connectivity index (χ0) is 12.1. The third-order valence-electron chi connectivity index (χ3n) is 2.23. The summed E-state index contributed by atoms with van der Waals surface area (Å²) in [6.07, 6.45) is -0.261. The fourth-order valence-corrected chi connectivity index (χ4v) is 1.51. The van der Waals surface area contributed by atoms with Crippen molar-refractivity contribution in [2.45, 2.75) is 18.6 Å². The van der Waals surface area contributed by atoms with Gasteiger partial charge in [0, 0.05) is 17.6 Å². The van der Waals surface area contributed by atoms with E-state index >= 15 is 0 Å². The van der Waals surface area contributed by atoms with Gasteiger partial charge < -0.3 is 20.7 Å². The van der Waals surface area contributed by atoms with Crippen LogP contribution in [0, 0.1) is 0 Å². The molecule has 1 rings (SSSR count). The van der Waals surface area contributed by atoms with Crippen LogP contribution in [0.4, 0.5) is 5.82 Å². The Kier molecular flexibility index (Phi) is 4.79. The van der Waals surface area contributed by atoms with E-state index < -0.39 is 12.2 Å². The number of aliphatic hydroxyl groups is 2. The number of halogens is 1. The molecule has 0 radical (unpaired) electrons. The molecule has 90 valence electrons. The molecule has 0 bridgehead atoms. The molecule has 0 aromatic carbocycles. The largest absolute Gasteiger partial charge is 0.493 e. The minimum atomic E-state index is -1.04. The van der Waals surface area contributed by atoms with E-state index in [1.165, 1.54) is 13.3 Å². The average molecular weight is 247 g/mol. The van der Waals surface area contributed by atoms with Crippen molar-refractivity contribution in [3.8, 4) is 5.75 Å². The molecule has 0 saturated heterocycles. The molecule has 0 amide bonds. The van der Waals surface area contributed by atoms with E-state index in [1.54, 1.807) is 6.07 Å². The monoisotopic (exact) mass is 246 g/mol. The van der Waals surface area contributed by atoms with Gasteiger partial charge >= 0.3 is 0 Å². The fraction of sp³-hybridized carbons (Fsp3) is 0.500. The van der Waals surface area contributed by atoms with E-state index in [2.05, 4.69) is 4.98 Å². The Morgan fingerprint density at radius 1 is 1.56 bits per heavy atom. The van der Waals surface area contributed by atoms with Crippen LogP contribution in [-0.2, 0) is 0 Å². The molecule has 5 nitrogen and oxygen atoms in total. The summed E-state index contributed by atoms with van der Waals surface area (Å²) in [7, 11) is 1.46. The number of alkyl halides is 1. The van der Waals surface area contributed by atoms with Crippen LogP contribution >= 0.6 is 11.6 Å². The van der Waals surface area contributed by atoms with Gasteiger partial charge in [-0.05, 0) is 12.5 Å². The van der Waals surface area contributed by atoms with E-state index in [0.717, 1.165) is 0 Å². The number of anilines is 1. The maximum atomic E-state index is 9.79. The Bertz CT molecular complexity index is 349. The topological polar surface area (TPSA) is 88.6 Å². The smallest absolute Gasteiger partial charge is 0.166 e. The van der Waals surface area contributed by atoms with Gasteiger partial charge in [-0.3, -0.25) is 0 Å². The molecule has 0 saturated carbocycles. The number of nitrogens with zero attached hydrogens (tertiary/aromatic N) is 1. The van der Waals surface area contributed by atoms with Crippen molar-refractivity contribution in [1.82, 2.24) is 4.98 Å². The minimum Gasteiger partial charge on any atom is -0.493 e. The number of nitrogens with two attached hydrogens (primary N) is 1. The molecule has 1 heterocycles. The van der Waals surface area contributed by atoms with E-state index in [0.29, 0.717) is 17.7 Å². The number of methoxy groups -OCH3 is 1. The summed E-state index contributed by atoms with van der Waals surface area (Å²) >= 11 is 5.48. The lowest BCUT2D eigenvalue weighted by molar-refractivity contribution is 0.0167. The second-order valence-electron chi connectivity index (χ2n) is 3.35. The highest BCUT2D eigenvalue weighted by Crippen LogP contribution is 2.25. The first-order valence-electron chi connectivity index (χ1n) is 4.81. The Morgan fingerprint density at radius 3 is 2.81 bits per heavy atom. The zero-order valence-electron chi connectivity index (χ0n) is 8.93. The normalized spacial score (nSPS) is 14.5. The Hall–Kier alpha value is -1.04. The standard InChI is InChI=1S/C10H15ClN2O3/c1-16-8-4-6(5-13-10(8)12)9(15)7(14)2-3-11/h4-5,7,9,14-15H,2-3H2,1H3,(H2,12,13). The quantitative estimate of drug-likeness (QED) is 0.666. The number of aliphatic hydroxyl groups excluding tert-OH is 2. The lowest BCUT2D eigenvalue weighted by atomic mass is 10.0. The SMILES string of the molecule is COc1cc(C(O)C(O)CCCl)cnc1N. The van der Waals surface area contributed by atoms with E-state index in [9.17, 15) is 10.2 Å². The highest BCUT2D eigenvalue weighted by Gasteiger charge is 2.19. The molecule has 16 heavy (non-hydrogen) atoms. The van der Waals surface area contributed by atoms with Crippen molar-refractivity contribution in [3.05, 3.63) is 17.8 Å². The zero-order valence-corrected chi connectivity index (χ0v) is 9.68. The fourth-order valence-electron chi connectivity index (χ4n) is 1.29. The maximum absolute atomic E-state index is 9.79. The molecular weight excluding hydrogens is 232 g/mol. The van der Waals surface area contributed by atoms with Gasteiger partial charge in [0.2, 0.25) is 0 Å². The molecule has 0 aliphatic heterocycles. The van der Waals surface area contributed by atoms with Gasteiger partial charge in [-0.2, -0.15) is 0 Å². The number of nitrogen functional groups attached to an aromatic ring is 1. The third-order valence-corrected chi connectivity index (χ3v) is 2.45. The van der Waals surface area contributed by atoms with Crippen LogP contribution in [0.2, 0.25) is 0 Å². The molecule has 2 unspecified atom stereocenters. The molecule has 0 aliphatic rings. The summed E-state index contributed by atoms with van der Waals surface area (Å²) in [5.41, 5.74) is 5.98. The second-order valence-corrected chi connectivity index (χ2v) is 3.72. The predicted octanol–water partition coefficient (Wildman–Crippen LogP) is 0.696. The first-order chi connectivity index (χ1) is 7.60. The highest BCUT2D eigenvalue weighted by atomic mass is 35.5. The van der Waals surface area contributed by atoms with E-state index in [1.807, 2.05) is 0 Å². The average Bonchev–Trinajstić information content (AvgIpc) is 2.29. The molecule has 6 heteroatoms. The molecular formula is C10H15ClN2O3. The maximum Gasteiger partial charge on any atom is 0.166 e. The Morgan fingerprint density at radius 2 is 2.25 bits per heavy atom. The van der Waals surface area contributed by atoms with Crippen LogP contribution in [-0.4, -0.2) is 34.3 Å². The van der Waals surface area contributed by atoms with E-state index in [-0.39, 0.29) is 11.7 Å². The first-order valence-corrected chi connectivity index (χ1v) is 5.35. The van der Waals surface area contributed by atoms with Crippen LogP contribution in [0.3, 0.4) is 0 Å². The van der Waals surface area contributed by atoms with Gasteiger partial charge in [-0.1, -0.05) is 0 Å². The third kappa shape index (κ3) is 2.98. The molecule has 0 fully saturated rings. The number of ether oxygens (including phenoxy) is 1. The van der Waals surface area contributed by atoms with Gasteiger partial charge in [0.15, 0.2) is 11.6 Å². The van der Waals surface area contributed by atoms with Gasteiger partial charge in [0.05, 0.1) is 13.2 Å². The van der Waals surface area contributed by atoms with Gasteiger partial charge in [0.1, 0.15) is 6.10 Å². The van der Waals surface area contributed by atoms with Crippen LogP contribution in [0.15, 0.2) is 12.3 Å². The van der Waals surface area contributed by atoms with Crippen LogP contribution in [0.5, 0.6) is 5.75 Å². The summed E-state index contributed by atoms with van der Waals surface area (Å²) in [6.45, 7) is 0. The van der Waals surface area contributed by atoms with Crippen molar-refractivity contribution in [3.63, 3.8) is 0 Å². The lowest BCUT2D eigenvalue weighted by Crippen LogP contribution is -2.19. The molecule has 4 N–H and O–H groups in total. The first kappa shape index (κ1) is 13.0. The Labute approximate surface area is 98.8 Å². The predicted molar refractivity (Wildman–Crippen MR) is 61.5 cm³/mol. The number of hydrogen-bond acceptors (Lipinski definition) is 5. The van der Waals surface area contributed by atoms with Crippen molar-refractivity contribution in [2.24, 2.45) is 0 Å². The number of rotatable bonds is 5. The van der Waals surface area contributed by atoms with Gasteiger partial charge in [0.25, 0.3) is 0 Å². The summed E-state index contributed by atoms with van der Waals surface area (Å²) in [4.78, 5) is 3.86. The highest BCUT2D eigenvalue weighted by molar-refractivity contribution is 6.17. The second kappa shape index (κ2) is 5.89. The molecule has 0 spiro atoms. The van der Waals surface area contributed by atoms with Crippen LogP contribution in [0.25, 0.3) is 0 Å². The van der Waals surface area contributed by atoms with Crippen molar-refractivity contribution >= 4 is 17.4 Å². The summed E-state index contributed by atoms with van der Waals surface area (Å²) in [5.74, 6) is 0.887. The van der Waals surface area contributed by atoms with E-state index in [4.69, 9.17) is 22.1 Å². The van der Waals surface area contributed by atoms with Crippen LogP contribution in [0.1, 0.15) is 18.1 Å². The summed E-state index contributed by atoms with van der Waals surface area (Å²) in [5, 5.41) is 19.4. The molecule has 2 atom stereocenters. The summed E-state index contributed by atoms with van der Waals surface area (Å²) < 4.78 is 4.97. The summed E-state index contributed by atoms with van der Waals surface area (Å²) in [6, 6.07) is 1.55. The number of hydrogen-bond donors (Lipinski definition) is 3. The minimum absolute atomic E-state index is 0.241. The van der Waals surface area contributed by atoms with Crippen molar-refractivity contribution < 1.29 is 14.9 Å². The van der Waals surface area contributed by atoms with Gasteiger partial charge in [-0.25, -0.2) is 4.98 Å². The number of pyridine rings is 1. The lowest BCUT2D eigenvalue weighted by Gasteiger charge is -2.17.